The third-order valence-electron chi connectivity index (χ3n) is 4.98. The van der Waals surface area contributed by atoms with Crippen LogP contribution in [0.2, 0.25) is 0 Å². The first kappa shape index (κ1) is 22.1. The molecule has 0 saturated carbocycles. The molecule has 1 aromatic carbocycles. The lowest BCUT2D eigenvalue weighted by Crippen LogP contribution is -2.44. The number of halogens is 1. The molecule has 1 saturated heterocycles. The van der Waals surface area contributed by atoms with Crippen molar-refractivity contribution in [1.82, 2.24) is 9.80 Å². The second kappa shape index (κ2) is 11.6. The van der Waals surface area contributed by atoms with Gasteiger partial charge in [0.25, 0.3) is 0 Å². The summed E-state index contributed by atoms with van der Waals surface area (Å²) >= 11 is 0. The average Bonchev–Trinajstić information content (AvgIpc) is 3.14. The van der Waals surface area contributed by atoms with Gasteiger partial charge in [0.05, 0.1) is 26.1 Å². The molecule has 0 bridgehead atoms. The molecule has 6 nitrogen and oxygen atoms in total. The third-order valence-corrected chi connectivity index (χ3v) is 4.98. The predicted octanol–water partition coefficient (Wildman–Crippen LogP) is 2.86. The van der Waals surface area contributed by atoms with Crippen LogP contribution in [-0.4, -0.2) is 67.1 Å². The van der Waals surface area contributed by atoms with Gasteiger partial charge in [0.15, 0.2) is 0 Å². The number of hydrogen-bond donors (Lipinski definition) is 0. The first-order valence-electron chi connectivity index (χ1n) is 10.1. The van der Waals surface area contributed by atoms with Crippen molar-refractivity contribution in [3.63, 3.8) is 0 Å². The highest BCUT2D eigenvalue weighted by atomic mass is 19.1. The van der Waals surface area contributed by atoms with Crippen LogP contribution >= 0.6 is 0 Å². The zero-order valence-corrected chi connectivity index (χ0v) is 16.9. The molecule has 0 aromatic heterocycles. The summed E-state index contributed by atoms with van der Waals surface area (Å²) in [5.74, 6) is -0.137. The Morgan fingerprint density at radius 3 is 2.64 bits per heavy atom. The molecular weight excluding hydrogens is 363 g/mol. The van der Waals surface area contributed by atoms with Gasteiger partial charge in [-0.2, -0.15) is 0 Å². The number of carbonyl (C=O) groups is 2. The fraction of sp³-hybridized carbons (Fsp3) is 0.619. The van der Waals surface area contributed by atoms with E-state index in [-0.39, 0.29) is 37.1 Å². The number of likely N-dealkylation sites (N-methyl/N-ethyl adjacent to an activating group) is 1. The van der Waals surface area contributed by atoms with Gasteiger partial charge >= 0.3 is 5.97 Å². The van der Waals surface area contributed by atoms with Crippen molar-refractivity contribution in [1.29, 1.82) is 0 Å². The van der Waals surface area contributed by atoms with Gasteiger partial charge in [0.1, 0.15) is 11.6 Å². The summed E-state index contributed by atoms with van der Waals surface area (Å²) in [6.07, 6.45) is 2.59. The number of amides is 1. The zero-order valence-electron chi connectivity index (χ0n) is 16.9. The number of hydrogen-bond acceptors (Lipinski definition) is 5. The minimum absolute atomic E-state index is 0.0469. The second-order valence-corrected chi connectivity index (χ2v) is 6.87. The average molecular weight is 394 g/mol. The number of nitrogens with zero attached hydrogens (tertiary/aromatic N) is 2. The highest BCUT2D eigenvalue weighted by molar-refractivity contribution is 5.77. The minimum Gasteiger partial charge on any atom is -0.493 e. The lowest BCUT2D eigenvalue weighted by molar-refractivity contribution is -0.144. The Morgan fingerprint density at radius 2 is 1.96 bits per heavy atom. The van der Waals surface area contributed by atoms with E-state index in [2.05, 4.69) is 11.8 Å². The van der Waals surface area contributed by atoms with Crippen LogP contribution in [0.25, 0.3) is 0 Å². The van der Waals surface area contributed by atoms with Gasteiger partial charge in [-0.15, -0.1) is 0 Å². The van der Waals surface area contributed by atoms with E-state index in [1.165, 1.54) is 24.3 Å². The summed E-state index contributed by atoms with van der Waals surface area (Å²) in [6.45, 7) is 7.41. The van der Waals surface area contributed by atoms with Gasteiger partial charge in [-0.3, -0.25) is 14.5 Å². The second-order valence-electron chi connectivity index (χ2n) is 6.87. The fourth-order valence-electron chi connectivity index (χ4n) is 3.49. The maximum absolute atomic E-state index is 12.9. The van der Waals surface area contributed by atoms with Gasteiger partial charge in [-0.25, -0.2) is 4.39 Å². The molecule has 1 aliphatic heterocycles. The van der Waals surface area contributed by atoms with Gasteiger partial charge in [-0.05, 0) is 57.1 Å². The van der Waals surface area contributed by atoms with Crippen LogP contribution in [0.3, 0.4) is 0 Å². The predicted molar refractivity (Wildman–Crippen MR) is 105 cm³/mol. The largest absolute Gasteiger partial charge is 0.493 e. The van der Waals surface area contributed by atoms with E-state index in [4.69, 9.17) is 9.47 Å². The van der Waals surface area contributed by atoms with Crippen molar-refractivity contribution >= 4 is 11.9 Å². The van der Waals surface area contributed by atoms with E-state index >= 15 is 0 Å². The molecule has 28 heavy (non-hydrogen) atoms. The Morgan fingerprint density at radius 1 is 1.21 bits per heavy atom. The van der Waals surface area contributed by atoms with Crippen molar-refractivity contribution in [3.05, 3.63) is 30.1 Å². The highest BCUT2D eigenvalue weighted by Crippen LogP contribution is 2.18. The SMILES string of the molecule is CCOC(=O)CCN(CC1CCCN1CC)C(=O)CCOc1ccc(F)cc1. The van der Waals surface area contributed by atoms with Crippen molar-refractivity contribution in [2.45, 2.75) is 45.6 Å². The monoisotopic (exact) mass is 394 g/mol. The molecule has 156 valence electrons. The topological polar surface area (TPSA) is 59.1 Å². The number of ether oxygens (including phenoxy) is 2. The molecule has 0 spiro atoms. The molecule has 7 heteroatoms. The third kappa shape index (κ3) is 7.11. The number of esters is 1. The van der Waals surface area contributed by atoms with Crippen LogP contribution in [-0.2, 0) is 14.3 Å². The molecule has 1 aliphatic rings. The van der Waals surface area contributed by atoms with Crippen LogP contribution in [0.1, 0.15) is 39.5 Å². The Labute approximate surface area is 166 Å². The van der Waals surface area contributed by atoms with E-state index < -0.39 is 0 Å². The van der Waals surface area contributed by atoms with Crippen LogP contribution < -0.4 is 4.74 Å². The van der Waals surface area contributed by atoms with Gasteiger partial charge < -0.3 is 14.4 Å². The maximum Gasteiger partial charge on any atom is 0.307 e. The molecule has 0 N–H and O–H groups in total. The van der Waals surface area contributed by atoms with E-state index in [0.717, 1.165) is 25.9 Å². The molecule has 1 atom stereocenters. The van der Waals surface area contributed by atoms with Crippen molar-refractivity contribution < 1.29 is 23.5 Å². The van der Waals surface area contributed by atoms with Crippen molar-refractivity contribution in [2.75, 3.05) is 39.4 Å². The van der Waals surface area contributed by atoms with Crippen LogP contribution in [0, 0.1) is 5.82 Å². The summed E-state index contributed by atoms with van der Waals surface area (Å²) in [4.78, 5) is 28.6. The fourth-order valence-corrected chi connectivity index (χ4v) is 3.49. The number of carbonyl (C=O) groups excluding carboxylic acids is 2. The summed E-state index contributed by atoms with van der Waals surface area (Å²) in [5.41, 5.74) is 0. The first-order chi connectivity index (χ1) is 13.5. The normalized spacial score (nSPS) is 16.8. The van der Waals surface area contributed by atoms with E-state index in [1.54, 1.807) is 11.8 Å². The molecular formula is C21H31FN2O4. The molecule has 0 aliphatic carbocycles. The molecule has 1 aromatic rings. The summed E-state index contributed by atoms with van der Waals surface area (Å²) < 4.78 is 23.5. The van der Waals surface area contributed by atoms with Crippen LogP contribution in [0.4, 0.5) is 4.39 Å². The summed E-state index contributed by atoms with van der Waals surface area (Å²) in [5, 5.41) is 0. The minimum atomic E-state index is -0.328. The number of benzene rings is 1. The van der Waals surface area contributed by atoms with Crippen LogP contribution in [0.5, 0.6) is 5.75 Å². The molecule has 0 radical (unpaired) electrons. The van der Waals surface area contributed by atoms with Crippen molar-refractivity contribution in [3.8, 4) is 5.75 Å². The van der Waals surface area contributed by atoms with Gasteiger partial charge in [0, 0.05) is 19.1 Å². The van der Waals surface area contributed by atoms with Crippen molar-refractivity contribution in [2.24, 2.45) is 0 Å². The summed E-state index contributed by atoms with van der Waals surface area (Å²) in [6, 6.07) is 6.05. The van der Waals surface area contributed by atoms with Crippen LogP contribution in [0.15, 0.2) is 24.3 Å². The Hall–Kier alpha value is -2.15. The smallest absolute Gasteiger partial charge is 0.307 e. The number of rotatable bonds is 11. The van der Waals surface area contributed by atoms with Gasteiger partial charge in [-0.1, -0.05) is 6.92 Å². The Bertz CT molecular complexity index is 623. The quantitative estimate of drug-likeness (QED) is 0.540. The van der Waals surface area contributed by atoms with E-state index in [1.807, 2.05) is 0 Å². The maximum atomic E-state index is 12.9. The standard InChI is InChI=1S/C21H31FN2O4/c1-3-23-13-5-6-18(23)16-24(14-11-21(26)27-4-2)20(25)12-15-28-19-9-7-17(22)8-10-19/h7-10,18H,3-6,11-16H2,1-2H3. The van der Waals surface area contributed by atoms with E-state index in [0.29, 0.717) is 31.5 Å². The zero-order chi connectivity index (χ0) is 20.4. The molecule has 2 rings (SSSR count). The lowest BCUT2D eigenvalue weighted by Gasteiger charge is -2.30. The molecule has 1 unspecified atom stereocenters. The Kier molecular flexibility index (Phi) is 9.20. The molecule has 1 fully saturated rings. The first-order valence-corrected chi connectivity index (χ1v) is 10.1. The summed E-state index contributed by atoms with van der Waals surface area (Å²) in [7, 11) is 0. The molecule has 1 amide bonds. The number of likely N-dealkylation sites (tertiary alicyclic amines) is 1. The molecule has 1 heterocycles. The Balaban J connectivity index is 1.88. The van der Waals surface area contributed by atoms with Gasteiger partial charge in [0.2, 0.25) is 5.91 Å². The highest BCUT2D eigenvalue weighted by Gasteiger charge is 2.27. The lowest BCUT2D eigenvalue weighted by atomic mass is 10.2. The van der Waals surface area contributed by atoms with E-state index in [9.17, 15) is 14.0 Å².